The van der Waals surface area contributed by atoms with Gasteiger partial charge in [0.1, 0.15) is 5.01 Å². The van der Waals surface area contributed by atoms with Gasteiger partial charge in [0.2, 0.25) is 0 Å². The van der Waals surface area contributed by atoms with E-state index in [2.05, 4.69) is 41.6 Å². The maximum Gasteiger partial charge on any atom is 0.102 e. The second-order valence-electron chi connectivity index (χ2n) is 4.84. The molecular formula is C14H15NOS. The quantitative estimate of drug-likeness (QED) is 0.901. The van der Waals surface area contributed by atoms with Crippen LogP contribution in [0.1, 0.15) is 23.4 Å². The van der Waals surface area contributed by atoms with E-state index in [0.717, 1.165) is 29.1 Å². The molecule has 0 saturated heterocycles. The van der Waals surface area contributed by atoms with E-state index in [1.807, 2.05) is 0 Å². The van der Waals surface area contributed by atoms with Gasteiger partial charge in [-0.05, 0) is 19.8 Å². The molecule has 2 aromatic rings. The molecule has 2 nitrogen and oxygen atoms in total. The van der Waals surface area contributed by atoms with Crippen molar-refractivity contribution >= 4 is 11.3 Å². The summed E-state index contributed by atoms with van der Waals surface area (Å²) in [7, 11) is 0. The van der Waals surface area contributed by atoms with Crippen LogP contribution >= 0.6 is 11.3 Å². The largest absolute Gasteiger partial charge is 0.395 e. The van der Waals surface area contributed by atoms with E-state index in [9.17, 15) is 5.11 Å². The van der Waals surface area contributed by atoms with Crippen molar-refractivity contribution in [3.05, 3.63) is 40.2 Å². The van der Waals surface area contributed by atoms with Crippen LogP contribution in [-0.4, -0.2) is 16.7 Å². The number of hydrogen-bond donors (Lipinski definition) is 1. The number of benzene rings is 1. The summed E-state index contributed by atoms with van der Waals surface area (Å²) in [5, 5.41) is 12.6. The average Bonchev–Trinajstić information content (AvgIpc) is 3.00. The molecule has 0 unspecified atom stereocenters. The maximum absolute atomic E-state index is 9.39. The summed E-state index contributed by atoms with van der Waals surface area (Å²) in [6.45, 7) is 2.31. The van der Waals surface area contributed by atoms with Crippen molar-refractivity contribution in [2.45, 2.75) is 25.2 Å². The molecule has 0 aliphatic heterocycles. The minimum Gasteiger partial charge on any atom is -0.395 e. The Morgan fingerprint density at radius 1 is 1.29 bits per heavy atom. The maximum atomic E-state index is 9.39. The van der Waals surface area contributed by atoms with E-state index < -0.39 is 0 Å². The van der Waals surface area contributed by atoms with Gasteiger partial charge in [-0.2, -0.15) is 0 Å². The van der Waals surface area contributed by atoms with E-state index in [0.29, 0.717) is 0 Å². The molecule has 1 saturated carbocycles. The van der Waals surface area contributed by atoms with Crippen molar-refractivity contribution in [2.75, 3.05) is 6.61 Å². The predicted molar refractivity (Wildman–Crippen MR) is 70.3 cm³/mol. The van der Waals surface area contributed by atoms with Crippen LogP contribution in [0.25, 0.3) is 11.3 Å². The Labute approximate surface area is 105 Å². The van der Waals surface area contributed by atoms with Crippen molar-refractivity contribution in [2.24, 2.45) is 0 Å². The van der Waals surface area contributed by atoms with Crippen LogP contribution in [0.4, 0.5) is 0 Å². The van der Waals surface area contributed by atoms with E-state index in [1.165, 1.54) is 5.56 Å². The summed E-state index contributed by atoms with van der Waals surface area (Å²) in [6.07, 6.45) is 2.15. The molecule has 1 fully saturated rings. The molecule has 1 aliphatic rings. The number of aliphatic hydroxyl groups is 1. The third kappa shape index (κ3) is 1.90. The molecule has 0 spiro atoms. The van der Waals surface area contributed by atoms with Gasteiger partial charge in [0.15, 0.2) is 0 Å². The number of nitrogens with zero attached hydrogens (tertiary/aromatic N) is 1. The normalized spacial score (nSPS) is 17.1. The lowest BCUT2D eigenvalue weighted by molar-refractivity contribution is 0.255. The fourth-order valence-corrected chi connectivity index (χ4v) is 3.05. The second kappa shape index (κ2) is 3.93. The highest BCUT2D eigenvalue weighted by molar-refractivity contribution is 7.10. The lowest BCUT2D eigenvalue weighted by Gasteiger charge is -2.05. The van der Waals surface area contributed by atoms with Gasteiger partial charge in [0, 0.05) is 16.4 Å². The lowest BCUT2D eigenvalue weighted by atomic mass is 10.1. The molecule has 1 aliphatic carbocycles. The smallest absolute Gasteiger partial charge is 0.102 e. The monoisotopic (exact) mass is 245 g/mol. The number of aromatic nitrogens is 1. The van der Waals surface area contributed by atoms with Crippen LogP contribution in [0.15, 0.2) is 29.6 Å². The average molecular weight is 245 g/mol. The standard InChI is InChI=1S/C14H15NOS/c1-10-2-4-11(5-3-10)12-8-17-13(15-12)14(9-16)6-7-14/h2-5,8,16H,6-7,9H2,1H3. The summed E-state index contributed by atoms with van der Waals surface area (Å²) in [6, 6.07) is 8.42. The number of aryl methyl sites for hydroxylation is 1. The highest BCUT2D eigenvalue weighted by atomic mass is 32.1. The summed E-state index contributed by atoms with van der Waals surface area (Å²) in [5.74, 6) is 0. The molecule has 1 aromatic heterocycles. The zero-order chi connectivity index (χ0) is 11.9. The van der Waals surface area contributed by atoms with Crippen LogP contribution in [0, 0.1) is 6.92 Å². The van der Waals surface area contributed by atoms with Gasteiger partial charge in [-0.3, -0.25) is 0 Å². The van der Waals surface area contributed by atoms with Crippen LogP contribution in [0.2, 0.25) is 0 Å². The van der Waals surface area contributed by atoms with Crippen molar-refractivity contribution in [1.82, 2.24) is 4.98 Å². The number of aliphatic hydroxyl groups excluding tert-OH is 1. The second-order valence-corrected chi connectivity index (χ2v) is 5.70. The number of thiazole rings is 1. The van der Waals surface area contributed by atoms with Gasteiger partial charge < -0.3 is 5.11 Å². The third-order valence-electron chi connectivity index (χ3n) is 3.46. The first-order chi connectivity index (χ1) is 8.23. The molecule has 17 heavy (non-hydrogen) atoms. The third-order valence-corrected chi connectivity index (χ3v) is 4.55. The van der Waals surface area contributed by atoms with E-state index >= 15 is 0 Å². The first-order valence-corrected chi connectivity index (χ1v) is 6.75. The molecule has 88 valence electrons. The Morgan fingerprint density at radius 3 is 2.59 bits per heavy atom. The lowest BCUT2D eigenvalue weighted by Crippen LogP contribution is -2.11. The van der Waals surface area contributed by atoms with Gasteiger partial charge in [-0.1, -0.05) is 29.8 Å². The molecule has 3 rings (SSSR count). The molecule has 0 amide bonds. The van der Waals surface area contributed by atoms with Gasteiger partial charge in [0.25, 0.3) is 0 Å². The van der Waals surface area contributed by atoms with E-state index in [4.69, 9.17) is 0 Å². The molecule has 1 aromatic carbocycles. The Morgan fingerprint density at radius 2 is 2.00 bits per heavy atom. The first kappa shape index (κ1) is 10.9. The minimum absolute atomic E-state index is 0.00634. The van der Waals surface area contributed by atoms with Crippen LogP contribution < -0.4 is 0 Å². The summed E-state index contributed by atoms with van der Waals surface area (Å²) in [4.78, 5) is 4.67. The van der Waals surface area contributed by atoms with Crippen LogP contribution in [0.5, 0.6) is 0 Å². The highest BCUT2D eigenvalue weighted by Crippen LogP contribution is 2.49. The molecule has 1 N–H and O–H groups in total. The fraction of sp³-hybridized carbons (Fsp3) is 0.357. The minimum atomic E-state index is -0.00634. The zero-order valence-corrected chi connectivity index (χ0v) is 10.6. The number of hydrogen-bond acceptors (Lipinski definition) is 3. The molecule has 1 heterocycles. The predicted octanol–water partition coefficient (Wildman–Crippen LogP) is 3.14. The zero-order valence-electron chi connectivity index (χ0n) is 9.81. The topological polar surface area (TPSA) is 33.1 Å². The first-order valence-electron chi connectivity index (χ1n) is 5.87. The Kier molecular flexibility index (Phi) is 2.53. The van der Waals surface area contributed by atoms with Gasteiger partial charge >= 0.3 is 0 Å². The van der Waals surface area contributed by atoms with Crippen molar-refractivity contribution in [1.29, 1.82) is 0 Å². The van der Waals surface area contributed by atoms with E-state index in [-0.39, 0.29) is 12.0 Å². The molecule has 3 heteroatoms. The van der Waals surface area contributed by atoms with Crippen molar-refractivity contribution in [3.63, 3.8) is 0 Å². The molecule has 0 radical (unpaired) electrons. The molecule has 0 atom stereocenters. The highest BCUT2D eigenvalue weighted by Gasteiger charge is 2.46. The van der Waals surface area contributed by atoms with Gasteiger partial charge in [0.05, 0.1) is 12.3 Å². The Bertz CT molecular complexity index is 525. The Balaban J connectivity index is 1.92. The summed E-state index contributed by atoms with van der Waals surface area (Å²) >= 11 is 1.67. The number of rotatable bonds is 3. The van der Waals surface area contributed by atoms with Gasteiger partial charge in [-0.25, -0.2) is 4.98 Å². The van der Waals surface area contributed by atoms with Crippen LogP contribution in [-0.2, 0) is 5.41 Å². The molecule has 0 bridgehead atoms. The van der Waals surface area contributed by atoms with Gasteiger partial charge in [-0.15, -0.1) is 11.3 Å². The fourth-order valence-electron chi connectivity index (χ4n) is 1.96. The molecular weight excluding hydrogens is 230 g/mol. The van der Waals surface area contributed by atoms with Crippen molar-refractivity contribution < 1.29 is 5.11 Å². The van der Waals surface area contributed by atoms with Crippen molar-refractivity contribution in [3.8, 4) is 11.3 Å². The summed E-state index contributed by atoms with van der Waals surface area (Å²) in [5.41, 5.74) is 3.45. The SMILES string of the molecule is Cc1ccc(-c2csc(C3(CO)CC3)n2)cc1. The Hall–Kier alpha value is -1.19. The summed E-state index contributed by atoms with van der Waals surface area (Å²) < 4.78 is 0. The van der Waals surface area contributed by atoms with Crippen LogP contribution in [0.3, 0.4) is 0 Å². The van der Waals surface area contributed by atoms with E-state index in [1.54, 1.807) is 11.3 Å².